The van der Waals surface area contributed by atoms with Crippen LogP contribution in [0.25, 0.3) is 0 Å². The Labute approximate surface area is 193 Å². The number of guanidine groups is 1. The zero-order chi connectivity index (χ0) is 20.7. The first-order valence-corrected chi connectivity index (χ1v) is 10.3. The third-order valence-electron chi connectivity index (χ3n) is 5.45. The Bertz CT molecular complexity index is 674. The number of alkyl halides is 3. The van der Waals surface area contributed by atoms with Gasteiger partial charge in [0.1, 0.15) is 0 Å². The minimum Gasteiger partial charge on any atom is -0.376 e. The summed E-state index contributed by atoms with van der Waals surface area (Å²) in [7, 11) is 1.69. The summed E-state index contributed by atoms with van der Waals surface area (Å²) in [6.45, 7) is 3.40. The first kappa shape index (κ1) is 25.2. The lowest BCUT2D eigenvalue weighted by atomic mass is 10.1. The molecule has 30 heavy (non-hydrogen) atoms. The lowest BCUT2D eigenvalue weighted by Gasteiger charge is -2.35. The molecule has 0 aromatic heterocycles. The van der Waals surface area contributed by atoms with Gasteiger partial charge in [-0.25, -0.2) is 0 Å². The third kappa shape index (κ3) is 7.56. The highest BCUT2D eigenvalue weighted by Crippen LogP contribution is 2.29. The summed E-state index contributed by atoms with van der Waals surface area (Å²) < 4.78 is 50.4. The molecule has 0 saturated carbocycles. The minimum atomic E-state index is -4.33. The Morgan fingerprint density at radius 2 is 2.00 bits per heavy atom. The maximum absolute atomic E-state index is 12.9. The van der Waals surface area contributed by atoms with Gasteiger partial charge in [-0.15, -0.1) is 24.0 Å². The largest absolute Gasteiger partial charge is 0.416 e. The molecule has 0 aliphatic carbocycles. The van der Waals surface area contributed by atoms with Gasteiger partial charge in [0, 0.05) is 33.3 Å². The van der Waals surface area contributed by atoms with Crippen LogP contribution < -0.4 is 5.32 Å². The molecular formula is C21H31F3IN3O2. The number of rotatable bonds is 5. The summed E-state index contributed by atoms with van der Waals surface area (Å²) in [5.41, 5.74) is -0.0571. The van der Waals surface area contributed by atoms with E-state index in [1.54, 1.807) is 13.1 Å². The second-order valence-corrected chi connectivity index (χ2v) is 7.61. The quantitative estimate of drug-likeness (QED) is 0.340. The second kappa shape index (κ2) is 12.1. The van der Waals surface area contributed by atoms with E-state index in [-0.39, 0.29) is 36.2 Å². The molecule has 170 valence electrons. The van der Waals surface area contributed by atoms with Gasteiger partial charge in [0.25, 0.3) is 0 Å². The molecule has 3 rings (SSSR count). The Balaban J connectivity index is 0.00000320. The summed E-state index contributed by atoms with van der Waals surface area (Å²) in [6, 6.07) is 5.37. The zero-order valence-electron chi connectivity index (χ0n) is 17.3. The number of hydrogen-bond donors (Lipinski definition) is 1. The normalized spacial score (nSPS) is 21.3. The fourth-order valence-corrected chi connectivity index (χ4v) is 3.79. The molecule has 0 bridgehead atoms. The first-order valence-electron chi connectivity index (χ1n) is 10.3. The number of hydrogen-bond acceptors (Lipinski definition) is 3. The van der Waals surface area contributed by atoms with Gasteiger partial charge in [-0.2, -0.15) is 13.2 Å². The standard InChI is InChI=1S/C21H30F3N3O2.HI/c1-25-20(26-14-16-5-4-6-17(13-16)21(22,23)24)27-10-8-18(9-11-27)29-15-19-7-2-3-12-28-19;/h4-6,13,18-19H,2-3,7-12,14-15H2,1H3,(H,25,26);1H. The van der Waals surface area contributed by atoms with Gasteiger partial charge in [-0.3, -0.25) is 4.99 Å². The van der Waals surface area contributed by atoms with Crippen molar-refractivity contribution in [1.82, 2.24) is 10.2 Å². The third-order valence-corrected chi connectivity index (χ3v) is 5.45. The average Bonchev–Trinajstić information content (AvgIpc) is 2.74. The summed E-state index contributed by atoms with van der Waals surface area (Å²) in [4.78, 5) is 6.42. The van der Waals surface area contributed by atoms with Crippen LogP contribution in [0.5, 0.6) is 0 Å². The van der Waals surface area contributed by atoms with Crippen molar-refractivity contribution < 1.29 is 22.6 Å². The van der Waals surface area contributed by atoms with Crippen molar-refractivity contribution in [3.8, 4) is 0 Å². The molecule has 1 aromatic carbocycles. The van der Waals surface area contributed by atoms with Crippen molar-refractivity contribution in [3.63, 3.8) is 0 Å². The van der Waals surface area contributed by atoms with E-state index in [9.17, 15) is 13.2 Å². The number of benzene rings is 1. The van der Waals surface area contributed by atoms with Gasteiger partial charge in [-0.1, -0.05) is 12.1 Å². The number of nitrogens with one attached hydrogen (secondary N) is 1. The van der Waals surface area contributed by atoms with Crippen molar-refractivity contribution in [3.05, 3.63) is 35.4 Å². The Kier molecular flexibility index (Phi) is 10.2. The number of aliphatic imine (C=N–C) groups is 1. The van der Waals surface area contributed by atoms with Gasteiger partial charge in [-0.05, 0) is 49.8 Å². The summed E-state index contributed by atoms with van der Waals surface area (Å²) in [6.07, 6.45) is 1.34. The Morgan fingerprint density at radius 3 is 2.63 bits per heavy atom. The topological polar surface area (TPSA) is 46.1 Å². The van der Waals surface area contributed by atoms with Crippen molar-refractivity contribution in [1.29, 1.82) is 0 Å². The predicted molar refractivity (Wildman–Crippen MR) is 121 cm³/mol. The highest BCUT2D eigenvalue weighted by atomic mass is 127. The number of nitrogens with zero attached hydrogens (tertiary/aromatic N) is 2. The van der Waals surface area contributed by atoms with Crippen LogP contribution in [-0.4, -0.2) is 56.4 Å². The molecule has 1 aromatic rings. The minimum absolute atomic E-state index is 0. The lowest BCUT2D eigenvalue weighted by molar-refractivity contribution is -0.137. The van der Waals surface area contributed by atoms with Crippen LogP contribution in [0.4, 0.5) is 13.2 Å². The highest BCUT2D eigenvalue weighted by molar-refractivity contribution is 14.0. The number of halogens is 4. The van der Waals surface area contributed by atoms with E-state index < -0.39 is 11.7 Å². The molecule has 2 saturated heterocycles. The van der Waals surface area contributed by atoms with Gasteiger partial charge < -0.3 is 19.7 Å². The van der Waals surface area contributed by atoms with E-state index in [1.165, 1.54) is 18.6 Å². The SMILES string of the molecule is CN=C(NCc1cccc(C(F)(F)F)c1)N1CCC(OCC2CCCCO2)CC1.I. The Hall–Kier alpha value is -1.07. The highest BCUT2D eigenvalue weighted by Gasteiger charge is 2.30. The average molecular weight is 541 g/mol. The van der Waals surface area contributed by atoms with Crippen LogP contribution in [-0.2, 0) is 22.2 Å². The van der Waals surface area contributed by atoms with E-state index in [4.69, 9.17) is 9.47 Å². The van der Waals surface area contributed by atoms with Gasteiger partial charge in [0.15, 0.2) is 5.96 Å². The molecule has 2 fully saturated rings. The van der Waals surface area contributed by atoms with Crippen LogP contribution in [0.2, 0.25) is 0 Å². The second-order valence-electron chi connectivity index (χ2n) is 7.61. The van der Waals surface area contributed by atoms with Crippen molar-refractivity contribution in [2.24, 2.45) is 4.99 Å². The molecule has 0 amide bonds. The lowest BCUT2D eigenvalue weighted by Crippen LogP contribution is -2.47. The van der Waals surface area contributed by atoms with Gasteiger partial charge in [0.05, 0.1) is 24.4 Å². The Morgan fingerprint density at radius 1 is 1.23 bits per heavy atom. The molecule has 2 aliphatic heterocycles. The molecule has 0 spiro atoms. The van der Waals surface area contributed by atoms with E-state index in [0.717, 1.165) is 51.4 Å². The number of likely N-dealkylation sites (tertiary alicyclic amines) is 1. The van der Waals surface area contributed by atoms with E-state index in [1.807, 2.05) is 0 Å². The summed E-state index contributed by atoms with van der Waals surface area (Å²) >= 11 is 0. The molecule has 9 heteroatoms. The predicted octanol–water partition coefficient (Wildman–Crippen LogP) is 4.45. The van der Waals surface area contributed by atoms with Crippen molar-refractivity contribution in [2.45, 2.75) is 57.0 Å². The number of piperidine rings is 1. The van der Waals surface area contributed by atoms with E-state index >= 15 is 0 Å². The molecule has 5 nitrogen and oxygen atoms in total. The molecule has 2 aliphatic rings. The van der Waals surface area contributed by atoms with Crippen LogP contribution in [0.15, 0.2) is 29.3 Å². The molecule has 1 unspecified atom stereocenters. The molecule has 0 radical (unpaired) electrons. The van der Waals surface area contributed by atoms with E-state index in [0.29, 0.717) is 24.7 Å². The molecule has 2 heterocycles. The van der Waals surface area contributed by atoms with E-state index in [2.05, 4.69) is 15.2 Å². The van der Waals surface area contributed by atoms with Crippen LogP contribution in [0.1, 0.15) is 43.2 Å². The summed E-state index contributed by atoms with van der Waals surface area (Å²) in [5, 5.41) is 3.18. The van der Waals surface area contributed by atoms with Crippen molar-refractivity contribution >= 4 is 29.9 Å². The van der Waals surface area contributed by atoms with Crippen LogP contribution in [0.3, 0.4) is 0 Å². The smallest absolute Gasteiger partial charge is 0.376 e. The molecule has 1 N–H and O–H groups in total. The molecular weight excluding hydrogens is 510 g/mol. The monoisotopic (exact) mass is 541 g/mol. The number of ether oxygens (including phenoxy) is 2. The van der Waals surface area contributed by atoms with Gasteiger partial charge >= 0.3 is 6.18 Å². The zero-order valence-corrected chi connectivity index (χ0v) is 19.6. The maximum atomic E-state index is 12.9. The van der Waals surface area contributed by atoms with Crippen LogP contribution in [0, 0.1) is 0 Å². The maximum Gasteiger partial charge on any atom is 0.416 e. The molecule has 1 atom stereocenters. The fourth-order valence-electron chi connectivity index (χ4n) is 3.79. The first-order chi connectivity index (χ1) is 14.0. The van der Waals surface area contributed by atoms with Crippen LogP contribution >= 0.6 is 24.0 Å². The summed E-state index contributed by atoms with van der Waals surface area (Å²) in [5.74, 6) is 0.705. The fraction of sp³-hybridized carbons (Fsp3) is 0.667. The van der Waals surface area contributed by atoms with Gasteiger partial charge in [0.2, 0.25) is 0 Å². The van der Waals surface area contributed by atoms with Crippen molar-refractivity contribution in [2.75, 3.05) is 33.4 Å².